The van der Waals surface area contributed by atoms with Crippen molar-refractivity contribution in [3.63, 3.8) is 0 Å². The van der Waals surface area contributed by atoms with Gasteiger partial charge in [0.05, 0.1) is 12.8 Å². The van der Waals surface area contributed by atoms with E-state index in [1.54, 1.807) is 6.07 Å². The van der Waals surface area contributed by atoms with E-state index in [4.69, 9.17) is 10.5 Å². The Hall–Kier alpha value is -1.78. The first-order valence-electron chi connectivity index (χ1n) is 4.49. The Balaban J connectivity index is 2.63. The number of nitrogens with two attached hydrogens (primary N) is 1. The zero-order chi connectivity index (χ0) is 11.3. The Morgan fingerprint density at radius 1 is 1.60 bits per heavy atom. The minimum absolute atomic E-state index is 0.223. The number of rotatable bonds is 5. The van der Waals surface area contributed by atoms with E-state index in [-0.39, 0.29) is 18.1 Å². The summed E-state index contributed by atoms with van der Waals surface area (Å²) in [6, 6.07) is 4.14. The minimum atomic E-state index is -0.386. The van der Waals surface area contributed by atoms with Crippen LogP contribution in [0.15, 0.2) is 18.2 Å². The molecule has 0 bridgehead atoms. The highest BCUT2D eigenvalue weighted by Gasteiger charge is 2.04. The first-order valence-corrected chi connectivity index (χ1v) is 4.49. The van der Waals surface area contributed by atoms with Gasteiger partial charge in [0.2, 0.25) is 5.91 Å². The maximum Gasteiger partial charge on any atom is 0.219 e. The fraction of sp³-hybridized carbons (Fsp3) is 0.300. The number of ether oxygens (including phenoxy) is 1. The molecule has 0 aliphatic heterocycles. The molecule has 1 amide bonds. The van der Waals surface area contributed by atoms with E-state index in [0.717, 1.165) is 0 Å². The molecule has 82 valence electrons. The van der Waals surface area contributed by atoms with Gasteiger partial charge in [0.1, 0.15) is 11.6 Å². The van der Waals surface area contributed by atoms with Gasteiger partial charge in [-0.25, -0.2) is 4.39 Å². The van der Waals surface area contributed by atoms with Crippen LogP contribution in [-0.2, 0) is 4.79 Å². The Kier molecular flexibility index (Phi) is 3.91. The molecule has 1 aromatic rings. The number of hydrogen-bond donors (Lipinski definition) is 2. The second-order valence-corrected chi connectivity index (χ2v) is 2.99. The number of nitrogens with one attached hydrogen (secondary N) is 1. The van der Waals surface area contributed by atoms with Crippen LogP contribution in [0.5, 0.6) is 5.75 Å². The van der Waals surface area contributed by atoms with E-state index in [0.29, 0.717) is 18.0 Å². The summed E-state index contributed by atoms with van der Waals surface area (Å²) in [6.07, 6.45) is 0.223. The lowest BCUT2D eigenvalue weighted by Crippen LogP contribution is -2.16. The molecule has 0 unspecified atom stereocenters. The molecule has 15 heavy (non-hydrogen) atoms. The van der Waals surface area contributed by atoms with Crippen LogP contribution in [0.2, 0.25) is 0 Å². The Morgan fingerprint density at radius 3 is 2.93 bits per heavy atom. The van der Waals surface area contributed by atoms with Gasteiger partial charge in [-0.05, 0) is 12.1 Å². The van der Waals surface area contributed by atoms with E-state index in [1.165, 1.54) is 19.2 Å². The fourth-order valence-electron chi connectivity index (χ4n) is 1.13. The van der Waals surface area contributed by atoms with Crippen LogP contribution in [0.4, 0.5) is 10.1 Å². The van der Waals surface area contributed by atoms with Crippen LogP contribution >= 0.6 is 0 Å². The summed E-state index contributed by atoms with van der Waals surface area (Å²) < 4.78 is 17.8. The Bertz CT molecular complexity index is 355. The van der Waals surface area contributed by atoms with Crippen molar-refractivity contribution in [3.05, 3.63) is 24.0 Å². The minimum Gasteiger partial charge on any atom is -0.494 e. The van der Waals surface area contributed by atoms with Crippen molar-refractivity contribution < 1.29 is 13.9 Å². The quantitative estimate of drug-likeness (QED) is 0.768. The molecule has 0 atom stereocenters. The highest BCUT2D eigenvalue weighted by molar-refractivity contribution is 5.74. The second kappa shape index (κ2) is 5.19. The lowest BCUT2D eigenvalue weighted by Gasteiger charge is -2.10. The number of halogens is 1. The summed E-state index contributed by atoms with van der Waals surface area (Å²) in [5.74, 6) is -0.352. The second-order valence-electron chi connectivity index (χ2n) is 2.99. The Labute approximate surface area is 87.2 Å². The molecule has 0 radical (unpaired) electrons. The molecule has 0 heterocycles. The monoisotopic (exact) mass is 212 g/mol. The number of benzene rings is 1. The van der Waals surface area contributed by atoms with E-state index in [1.807, 2.05) is 0 Å². The van der Waals surface area contributed by atoms with Crippen molar-refractivity contribution in [2.45, 2.75) is 6.42 Å². The van der Waals surface area contributed by atoms with E-state index < -0.39 is 0 Å². The highest BCUT2D eigenvalue weighted by atomic mass is 19.1. The summed E-state index contributed by atoms with van der Waals surface area (Å²) in [5.41, 5.74) is 5.62. The molecule has 4 nitrogen and oxygen atoms in total. The Morgan fingerprint density at radius 2 is 2.33 bits per heavy atom. The van der Waals surface area contributed by atoms with Crippen LogP contribution in [0, 0.1) is 5.82 Å². The molecular formula is C10H13FN2O2. The number of carbonyl (C=O) groups excluding carboxylic acids is 1. The molecule has 0 fully saturated rings. The zero-order valence-electron chi connectivity index (χ0n) is 8.42. The number of hydrogen-bond acceptors (Lipinski definition) is 3. The summed E-state index contributed by atoms with van der Waals surface area (Å²) in [4.78, 5) is 10.5. The number of amides is 1. The molecule has 0 aliphatic carbocycles. The van der Waals surface area contributed by atoms with Crippen LogP contribution in [0.25, 0.3) is 0 Å². The van der Waals surface area contributed by atoms with E-state index in [2.05, 4.69) is 5.32 Å². The van der Waals surface area contributed by atoms with Gasteiger partial charge >= 0.3 is 0 Å². The lowest BCUT2D eigenvalue weighted by atomic mass is 10.2. The van der Waals surface area contributed by atoms with Crippen molar-refractivity contribution in [3.8, 4) is 5.75 Å². The molecule has 1 aromatic carbocycles. The number of carbonyl (C=O) groups is 1. The third-order valence-electron chi connectivity index (χ3n) is 1.85. The smallest absolute Gasteiger partial charge is 0.219 e. The van der Waals surface area contributed by atoms with Crippen LogP contribution in [0.3, 0.4) is 0 Å². The molecule has 1 rings (SSSR count). The predicted octanol–water partition coefficient (Wildman–Crippen LogP) is 1.12. The third-order valence-corrected chi connectivity index (χ3v) is 1.85. The average molecular weight is 212 g/mol. The van der Waals surface area contributed by atoms with Gasteiger partial charge in [-0.3, -0.25) is 4.79 Å². The third kappa shape index (κ3) is 3.46. The van der Waals surface area contributed by atoms with Crippen LogP contribution < -0.4 is 15.8 Å². The van der Waals surface area contributed by atoms with Crippen molar-refractivity contribution in [1.82, 2.24) is 0 Å². The first-order chi connectivity index (χ1) is 7.13. The first kappa shape index (κ1) is 11.3. The van der Waals surface area contributed by atoms with Gasteiger partial charge in [0, 0.05) is 19.0 Å². The number of methoxy groups -OCH3 is 1. The van der Waals surface area contributed by atoms with E-state index in [9.17, 15) is 9.18 Å². The summed E-state index contributed by atoms with van der Waals surface area (Å²) in [5, 5.41) is 2.93. The summed E-state index contributed by atoms with van der Waals surface area (Å²) in [6.45, 7) is 0.400. The molecule has 5 heteroatoms. The standard InChI is InChI=1S/C10H13FN2O2/c1-15-9-6-7(11)2-3-8(9)13-5-4-10(12)14/h2-3,6,13H,4-5H2,1H3,(H2,12,14). The molecule has 0 spiro atoms. The van der Waals surface area contributed by atoms with Gasteiger partial charge in [-0.2, -0.15) is 0 Å². The van der Waals surface area contributed by atoms with Crippen molar-refractivity contribution in [2.24, 2.45) is 5.73 Å². The van der Waals surface area contributed by atoms with Gasteiger partial charge in [-0.1, -0.05) is 0 Å². The maximum absolute atomic E-state index is 12.8. The maximum atomic E-state index is 12.8. The number of primary amides is 1. The lowest BCUT2D eigenvalue weighted by molar-refractivity contribution is -0.117. The zero-order valence-corrected chi connectivity index (χ0v) is 8.42. The number of anilines is 1. The average Bonchev–Trinajstić information content (AvgIpc) is 2.19. The molecular weight excluding hydrogens is 199 g/mol. The van der Waals surface area contributed by atoms with Gasteiger partial charge in [0.25, 0.3) is 0 Å². The molecule has 3 N–H and O–H groups in total. The van der Waals surface area contributed by atoms with Gasteiger partial charge < -0.3 is 15.8 Å². The largest absolute Gasteiger partial charge is 0.494 e. The van der Waals surface area contributed by atoms with Crippen LogP contribution in [0.1, 0.15) is 6.42 Å². The van der Waals surface area contributed by atoms with Crippen molar-refractivity contribution in [2.75, 3.05) is 19.0 Å². The van der Waals surface area contributed by atoms with Gasteiger partial charge in [0.15, 0.2) is 0 Å². The predicted molar refractivity (Wildman–Crippen MR) is 55.3 cm³/mol. The van der Waals surface area contributed by atoms with Gasteiger partial charge in [-0.15, -0.1) is 0 Å². The molecule has 0 saturated carbocycles. The van der Waals surface area contributed by atoms with Crippen molar-refractivity contribution in [1.29, 1.82) is 0 Å². The molecule has 0 aliphatic rings. The molecule has 0 saturated heterocycles. The fourth-order valence-corrected chi connectivity index (χ4v) is 1.13. The summed E-state index contributed by atoms with van der Waals surface area (Å²) in [7, 11) is 1.45. The van der Waals surface area contributed by atoms with Crippen molar-refractivity contribution >= 4 is 11.6 Å². The summed E-state index contributed by atoms with van der Waals surface area (Å²) >= 11 is 0. The molecule has 0 aromatic heterocycles. The van der Waals surface area contributed by atoms with E-state index >= 15 is 0 Å². The normalized spacial score (nSPS) is 9.73. The SMILES string of the molecule is COc1cc(F)ccc1NCCC(N)=O. The van der Waals surface area contributed by atoms with Crippen LogP contribution in [-0.4, -0.2) is 19.6 Å². The highest BCUT2D eigenvalue weighted by Crippen LogP contribution is 2.24. The topological polar surface area (TPSA) is 64.3 Å².